The van der Waals surface area contributed by atoms with Crippen molar-refractivity contribution >= 4 is 16.0 Å². The summed E-state index contributed by atoms with van der Waals surface area (Å²) < 4.78 is 27.5. The highest BCUT2D eigenvalue weighted by Crippen LogP contribution is 2.07. The van der Waals surface area contributed by atoms with Gasteiger partial charge in [-0.2, -0.15) is 0 Å². The number of hydrogen-bond acceptors (Lipinski definition) is 3. The Kier molecular flexibility index (Phi) is 7.03. The maximum absolute atomic E-state index is 11.5. The summed E-state index contributed by atoms with van der Waals surface area (Å²) >= 11 is 0. The van der Waals surface area contributed by atoms with Gasteiger partial charge >= 0.3 is 0 Å². The maximum Gasteiger partial charge on any atom is 0.215 e. The van der Waals surface area contributed by atoms with Gasteiger partial charge in [-0.15, -0.1) is 0 Å². The minimum atomic E-state index is -3.24. The van der Waals surface area contributed by atoms with E-state index in [-0.39, 0.29) is 5.75 Å². The van der Waals surface area contributed by atoms with Gasteiger partial charge in [0.2, 0.25) is 10.0 Å². The Morgan fingerprint density at radius 1 is 1.08 bits per heavy atom. The van der Waals surface area contributed by atoms with Crippen LogP contribution in [0.4, 0.5) is 0 Å². The van der Waals surface area contributed by atoms with Gasteiger partial charge in [-0.1, -0.05) is 24.3 Å². The lowest BCUT2D eigenvalue weighted by Gasteiger charge is -2.12. The van der Waals surface area contributed by atoms with Crippen LogP contribution in [0, 0.1) is 0 Å². The van der Waals surface area contributed by atoms with E-state index in [1.54, 1.807) is 7.05 Å². The summed E-state index contributed by atoms with van der Waals surface area (Å²) in [6.45, 7) is 2.25. The van der Waals surface area contributed by atoms with Crippen LogP contribution in [0.2, 0.25) is 0 Å². The molecule has 0 atom stereocenters. The fraction of sp³-hybridized carbons (Fsp3) is 0.353. The Morgan fingerprint density at radius 3 is 2.32 bits per heavy atom. The zero-order chi connectivity index (χ0) is 18.1. The SMILES string of the molecule is CN=C(NCCn1cccc1)NCc1ccc(CS(=O)(=O)NC)cc1. The molecule has 0 aliphatic heterocycles. The molecule has 8 heteroatoms. The highest BCUT2D eigenvalue weighted by Gasteiger charge is 2.08. The van der Waals surface area contributed by atoms with E-state index in [9.17, 15) is 8.42 Å². The molecule has 1 aromatic heterocycles. The normalized spacial score (nSPS) is 12.2. The van der Waals surface area contributed by atoms with E-state index in [1.807, 2.05) is 48.8 Å². The molecule has 2 rings (SSSR count). The van der Waals surface area contributed by atoms with Crippen LogP contribution in [0.15, 0.2) is 53.8 Å². The molecule has 1 aromatic carbocycles. The zero-order valence-corrected chi connectivity index (χ0v) is 15.4. The second kappa shape index (κ2) is 9.24. The van der Waals surface area contributed by atoms with Crippen molar-refractivity contribution in [2.45, 2.75) is 18.8 Å². The second-order valence-electron chi connectivity index (χ2n) is 5.55. The van der Waals surface area contributed by atoms with Gasteiger partial charge < -0.3 is 15.2 Å². The van der Waals surface area contributed by atoms with Crippen molar-refractivity contribution in [2.75, 3.05) is 20.6 Å². The molecule has 25 heavy (non-hydrogen) atoms. The molecule has 0 aliphatic carbocycles. The second-order valence-corrected chi connectivity index (χ2v) is 7.48. The molecule has 0 amide bonds. The lowest BCUT2D eigenvalue weighted by atomic mass is 10.1. The van der Waals surface area contributed by atoms with Gasteiger partial charge in [-0.25, -0.2) is 13.1 Å². The third-order valence-corrected chi connectivity index (χ3v) is 5.04. The zero-order valence-electron chi connectivity index (χ0n) is 14.6. The molecule has 0 unspecified atom stereocenters. The van der Waals surface area contributed by atoms with Gasteiger partial charge in [0.15, 0.2) is 5.96 Å². The predicted octanol–water partition coefficient (Wildman–Crippen LogP) is 0.903. The van der Waals surface area contributed by atoms with Crippen LogP contribution in [0.25, 0.3) is 0 Å². The third kappa shape index (κ3) is 6.60. The first-order chi connectivity index (χ1) is 12.0. The molecule has 0 saturated heterocycles. The number of rotatable bonds is 8. The van der Waals surface area contributed by atoms with Crippen molar-refractivity contribution in [2.24, 2.45) is 4.99 Å². The number of aliphatic imine (C=N–C) groups is 1. The Bertz CT molecular complexity index is 768. The topological polar surface area (TPSA) is 87.5 Å². The van der Waals surface area contributed by atoms with E-state index in [0.717, 1.165) is 30.2 Å². The molecule has 2 aromatic rings. The van der Waals surface area contributed by atoms with Crippen LogP contribution in [0.3, 0.4) is 0 Å². The molecular formula is C17H25N5O2S. The molecule has 3 N–H and O–H groups in total. The molecule has 7 nitrogen and oxygen atoms in total. The van der Waals surface area contributed by atoms with Crippen molar-refractivity contribution in [1.29, 1.82) is 0 Å². The molecular weight excluding hydrogens is 338 g/mol. The van der Waals surface area contributed by atoms with E-state index in [1.165, 1.54) is 7.05 Å². The molecule has 0 aliphatic rings. The molecule has 0 saturated carbocycles. The lowest BCUT2D eigenvalue weighted by molar-refractivity contribution is 0.587. The quantitative estimate of drug-likeness (QED) is 0.480. The van der Waals surface area contributed by atoms with Crippen LogP contribution in [0.5, 0.6) is 0 Å². The van der Waals surface area contributed by atoms with Crippen molar-refractivity contribution in [1.82, 2.24) is 19.9 Å². The van der Waals surface area contributed by atoms with Crippen LogP contribution >= 0.6 is 0 Å². The van der Waals surface area contributed by atoms with E-state index in [4.69, 9.17) is 0 Å². The van der Waals surface area contributed by atoms with E-state index in [2.05, 4.69) is 24.9 Å². The number of nitrogens with zero attached hydrogens (tertiary/aromatic N) is 2. The summed E-state index contributed by atoms with van der Waals surface area (Å²) in [7, 11) is -0.0888. The van der Waals surface area contributed by atoms with Gasteiger partial charge in [-0.3, -0.25) is 4.99 Å². The van der Waals surface area contributed by atoms with Crippen LogP contribution in [-0.2, 0) is 28.9 Å². The van der Waals surface area contributed by atoms with Crippen LogP contribution in [-0.4, -0.2) is 39.6 Å². The first-order valence-corrected chi connectivity index (χ1v) is 9.72. The number of benzene rings is 1. The van der Waals surface area contributed by atoms with Crippen molar-refractivity contribution in [3.63, 3.8) is 0 Å². The van der Waals surface area contributed by atoms with Crippen LogP contribution in [0.1, 0.15) is 11.1 Å². The maximum atomic E-state index is 11.5. The smallest absolute Gasteiger partial charge is 0.215 e. The Morgan fingerprint density at radius 2 is 1.72 bits per heavy atom. The standard InChI is InChI=1S/C17H25N5O2S/c1-18-17(20-9-12-22-10-3-4-11-22)21-13-15-5-7-16(8-6-15)14-25(23,24)19-2/h3-8,10-11,19H,9,12-14H2,1-2H3,(H2,18,20,21). The Balaban J connectivity index is 1.78. The Labute approximate surface area is 149 Å². The Hall–Kier alpha value is -2.32. The van der Waals surface area contributed by atoms with Crippen molar-refractivity contribution < 1.29 is 8.42 Å². The van der Waals surface area contributed by atoms with E-state index in [0.29, 0.717) is 6.54 Å². The number of aromatic nitrogens is 1. The first kappa shape index (κ1) is 19.0. The summed E-state index contributed by atoms with van der Waals surface area (Å²) in [5.74, 6) is 0.716. The van der Waals surface area contributed by atoms with Gasteiger partial charge in [0.05, 0.1) is 5.75 Å². The molecule has 0 fully saturated rings. The summed E-state index contributed by atoms with van der Waals surface area (Å²) in [5, 5.41) is 6.50. The van der Waals surface area contributed by atoms with Gasteiger partial charge in [0.1, 0.15) is 0 Å². The van der Waals surface area contributed by atoms with Gasteiger partial charge in [0, 0.05) is 39.1 Å². The highest BCUT2D eigenvalue weighted by atomic mass is 32.2. The average molecular weight is 363 g/mol. The predicted molar refractivity (Wildman–Crippen MR) is 101 cm³/mol. The summed E-state index contributed by atoms with van der Waals surface area (Å²) in [5.41, 5.74) is 1.81. The summed E-state index contributed by atoms with van der Waals surface area (Å²) in [4.78, 5) is 4.20. The van der Waals surface area contributed by atoms with E-state index >= 15 is 0 Å². The molecule has 136 valence electrons. The fourth-order valence-corrected chi connectivity index (χ4v) is 3.05. The first-order valence-electron chi connectivity index (χ1n) is 8.07. The molecule has 0 radical (unpaired) electrons. The summed E-state index contributed by atoms with van der Waals surface area (Å²) in [6.07, 6.45) is 4.04. The molecule has 0 spiro atoms. The minimum Gasteiger partial charge on any atom is -0.355 e. The van der Waals surface area contributed by atoms with Crippen molar-refractivity contribution in [3.8, 4) is 0 Å². The number of sulfonamides is 1. The van der Waals surface area contributed by atoms with E-state index < -0.39 is 10.0 Å². The van der Waals surface area contributed by atoms with Crippen molar-refractivity contribution in [3.05, 3.63) is 59.9 Å². The minimum absolute atomic E-state index is 0.0141. The third-order valence-electron chi connectivity index (χ3n) is 3.70. The monoisotopic (exact) mass is 363 g/mol. The number of nitrogens with one attached hydrogen (secondary N) is 3. The van der Waals surface area contributed by atoms with Crippen LogP contribution < -0.4 is 15.4 Å². The number of hydrogen-bond donors (Lipinski definition) is 3. The van der Waals surface area contributed by atoms with Gasteiger partial charge in [-0.05, 0) is 30.3 Å². The average Bonchev–Trinajstić information content (AvgIpc) is 3.12. The fourth-order valence-electron chi connectivity index (χ4n) is 2.27. The van der Waals surface area contributed by atoms with Gasteiger partial charge in [0.25, 0.3) is 0 Å². The largest absolute Gasteiger partial charge is 0.355 e. The lowest BCUT2D eigenvalue weighted by Crippen LogP contribution is -2.38. The highest BCUT2D eigenvalue weighted by molar-refractivity contribution is 7.88. The number of guanidine groups is 1. The molecule has 0 bridgehead atoms. The summed E-state index contributed by atoms with van der Waals surface area (Å²) in [6, 6.07) is 11.5. The molecule has 1 heterocycles.